The zero-order valence-electron chi connectivity index (χ0n) is 14.4. The minimum atomic E-state index is -0.232. The molecule has 1 aromatic heterocycles. The summed E-state index contributed by atoms with van der Waals surface area (Å²) in [5.41, 5.74) is 3.47. The van der Waals surface area contributed by atoms with Crippen LogP contribution >= 0.6 is 0 Å². The largest absolute Gasteiger partial charge is 0.366 e. The Kier molecular flexibility index (Phi) is 5.23. The van der Waals surface area contributed by atoms with Crippen LogP contribution < -0.4 is 10.6 Å². The number of hydrogen-bond donors (Lipinski definition) is 2. The topological polar surface area (TPSA) is 49.8 Å². The van der Waals surface area contributed by atoms with E-state index in [9.17, 15) is 4.39 Å². The molecule has 128 valence electrons. The maximum atomic E-state index is 13.0. The minimum absolute atomic E-state index is 0.232. The second-order valence-electron chi connectivity index (χ2n) is 5.95. The quantitative estimate of drug-likeness (QED) is 0.698. The van der Waals surface area contributed by atoms with Gasteiger partial charge in [0.2, 0.25) is 0 Å². The fraction of sp³-hybridized carbons (Fsp3) is 0.200. The van der Waals surface area contributed by atoms with Gasteiger partial charge in [0.05, 0.1) is 0 Å². The average Bonchev–Trinajstić information content (AvgIpc) is 2.60. The minimum Gasteiger partial charge on any atom is -0.366 e. The van der Waals surface area contributed by atoms with Gasteiger partial charge >= 0.3 is 0 Å². The third kappa shape index (κ3) is 4.76. The summed E-state index contributed by atoms with van der Waals surface area (Å²) in [6.07, 6.45) is 0. The Bertz CT molecular complexity index is 847. The highest BCUT2D eigenvalue weighted by Crippen LogP contribution is 2.15. The zero-order chi connectivity index (χ0) is 17.6. The second-order valence-corrected chi connectivity index (χ2v) is 5.95. The first-order chi connectivity index (χ1) is 12.1. The summed E-state index contributed by atoms with van der Waals surface area (Å²) < 4.78 is 13.0. The fourth-order valence-electron chi connectivity index (χ4n) is 2.54. The predicted octanol–water partition coefficient (Wildman–Crippen LogP) is 4.46. The van der Waals surface area contributed by atoms with E-state index < -0.39 is 0 Å². The van der Waals surface area contributed by atoms with Gasteiger partial charge in [-0.2, -0.15) is 0 Å². The third-order valence-electron chi connectivity index (χ3n) is 3.95. The molecule has 0 amide bonds. The second kappa shape index (κ2) is 7.75. The molecule has 0 atom stereocenters. The van der Waals surface area contributed by atoms with Gasteiger partial charge in [0.25, 0.3) is 0 Å². The van der Waals surface area contributed by atoms with Crippen LogP contribution in [0, 0.1) is 19.7 Å². The van der Waals surface area contributed by atoms with Gasteiger partial charge in [0.1, 0.15) is 23.3 Å². The van der Waals surface area contributed by atoms with Crippen molar-refractivity contribution < 1.29 is 4.39 Å². The highest BCUT2D eigenvalue weighted by atomic mass is 19.1. The molecule has 1 heterocycles. The monoisotopic (exact) mass is 336 g/mol. The SMILES string of the molecule is Cc1nc(NCc2ccc(F)cc2)cc(NCc2ccccc2C)n1. The molecule has 2 N–H and O–H groups in total. The molecule has 5 heteroatoms. The van der Waals surface area contributed by atoms with E-state index in [0.717, 1.165) is 17.2 Å². The van der Waals surface area contributed by atoms with Crippen molar-refractivity contribution >= 4 is 11.6 Å². The van der Waals surface area contributed by atoms with Crippen LogP contribution in [0.3, 0.4) is 0 Å². The summed E-state index contributed by atoms with van der Waals surface area (Å²) in [5, 5.41) is 6.61. The maximum absolute atomic E-state index is 13.0. The van der Waals surface area contributed by atoms with E-state index in [1.165, 1.54) is 23.3 Å². The van der Waals surface area contributed by atoms with Gasteiger partial charge in [-0.3, -0.25) is 0 Å². The standard InChI is InChI=1S/C20H21FN4/c1-14-5-3-4-6-17(14)13-23-20-11-19(24-15(2)25-20)22-12-16-7-9-18(21)10-8-16/h3-11H,12-13H2,1-2H3,(H2,22,23,24,25). The lowest BCUT2D eigenvalue weighted by atomic mass is 10.1. The Balaban J connectivity index is 1.65. The number of aromatic nitrogens is 2. The number of benzene rings is 2. The van der Waals surface area contributed by atoms with Gasteiger partial charge in [0, 0.05) is 19.2 Å². The highest BCUT2D eigenvalue weighted by molar-refractivity contribution is 5.48. The third-order valence-corrected chi connectivity index (χ3v) is 3.95. The number of anilines is 2. The Hall–Kier alpha value is -2.95. The van der Waals surface area contributed by atoms with Crippen molar-refractivity contribution in [2.75, 3.05) is 10.6 Å². The molecule has 0 aliphatic carbocycles. The van der Waals surface area contributed by atoms with Crippen LogP contribution in [0.2, 0.25) is 0 Å². The van der Waals surface area contributed by atoms with Crippen LogP contribution in [-0.4, -0.2) is 9.97 Å². The van der Waals surface area contributed by atoms with E-state index in [-0.39, 0.29) is 5.82 Å². The molecule has 0 radical (unpaired) electrons. The van der Waals surface area contributed by atoms with Crippen LogP contribution in [0.15, 0.2) is 54.6 Å². The highest BCUT2D eigenvalue weighted by Gasteiger charge is 2.03. The summed E-state index contributed by atoms with van der Waals surface area (Å²) in [5.74, 6) is 1.97. The number of nitrogens with one attached hydrogen (secondary N) is 2. The van der Waals surface area contributed by atoms with Gasteiger partial charge in [-0.05, 0) is 42.7 Å². The lowest BCUT2D eigenvalue weighted by Crippen LogP contribution is -2.07. The predicted molar refractivity (Wildman–Crippen MR) is 99.0 cm³/mol. The first-order valence-corrected chi connectivity index (χ1v) is 8.22. The van der Waals surface area contributed by atoms with E-state index in [1.54, 1.807) is 12.1 Å². The number of nitrogens with zero attached hydrogens (tertiary/aromatic N) is 2. The van der Waals surface area contributed by atoms with Crippen LogP contribution in [0.5, 0.6) is 0 Å². The summed E-state index contributed by atoms with van der Waals surface area (Å²) in [6, 6.07) is 16.6. The van der Waals surface area contributed by atoms with Crippen LogP contribution in [0.1, 0.15) is 22.5 Å². The molecule has 25 heavy (non-hydrogen) atoms. The molecule has 0 unspecified atom stereocenters. The summed E-state index contributed by atoms with van der Waals surface area (Å²) in [6.45, 7) is 5.24. The first kappa shape index (κ1) is 16.9. The van der Waals surface area contributed by atoms with Gasteiger partial charge in [-0.25, -0.2) is 14.4 Å². The number of hydrogen-bond acceptors (Lipinski definition) is 4. The van der Waals surface area contributed by atoms with Gasteiger partial charge in [-0.1, -0.05) is 36.4 Å². The van der Waals surface area contributed by atoms with E-state index >= 15 is 0 Å². The maximum Gasteiger partial charge on any atom is 0.132 e. The molecular weight excluding hydrogens is 315 g/mol. The molecule has 0 aliphatic heterocycles. The summed E-state index contributed by atoms with van der Waals surface area (Å²) >= 11 is 0. The molecule has 3 rings (SSSR count). The normalized spacial score (nSPS) is 10.5. The Labute approximate surface area is 147 Å². The number of rotatable bonds is 6. The lowest BCUT2D eigenvalue weighted by molar-refractivity contribution is 0.627. The Morgan fingerprint density at radius 2 is 1.48 bits per heavy atom. The smallest absolute Gasteiger partial charge is 0.132 e. The molecule has 0 aliphatic rings. The van der Waals surface area contributed by atoms with Crippen molar-refractivity contribution in [3.05, 3.63) is 82.9 Å². The summed E-state index contributed by atoms with van der Waals surface area (Å²) in [7, 11) is 0. The molecule has 0 fully saturated rings. The van der Waals surface area contributed by atoms with Gasteiger partial charge in [0.15, 0.2) is 0 Å². The van der Waals surface area contributed by atoms with E-state index in [4.69, 9.17) is 0 Å². The molecule has 2 aromatic carbocycles. The van der Waals surface area contributed by atoms with Crippen molar-refractivity contribution in [1.82, 2.24) is 9.97 Å². The molecule has 0 saturated carbocycles. The van der Waals surface area contributed by atoms with Crippen molar-refractivity contribution in [3.8, 4) is 0 Å². The van der Waals surface area contributed by atoms with Crippen molar-refractivity contribution in [2.24, 2.45) is 0 Å². The van der Waals surface area contributed by atoms with Crippen molar-refractivity contribution in [3.63, 3.8) is 0 Å². The molecule has 0 saturated heterocycles. The Morgan fingerprint density at radius 3 is 2.16 bits per heavy atom. The fourth-order valence-corrected chi connectivity index (χ4v) is 2.54. The van der Waals surface area contributed by atoms with E-state index in [1.807, 2.05) is 25.1 Å². The first-order valence-electron chi connectivity index (χ1n) is 8.22. The van der Waals surface area contributed by atoms with E-state index in [2.05, 4.69) is 39.7 Å². The molecular formula is C20H21FN4. The van der Waals surface area contributed by atoms with Gasteiger partial charge < -0.3 is 10.6 Å². The van der Waals surface area contributed by atoms with Crippen LogP contribution in [0.4, 0.5) is 16.0 Å². The molecule has 3 aromatic rings. The van der Waals surface area contributed by atoms with Crippen LogP contribution in [-0.2, 0) is 13.1 Å². The zero-order valence-corrected chi connectivity index (χ0v) is 14.4. The number of aryl methyl sites for hydroxylation is 2. The van der Waals surface area contributed by atoms with Crippen molar-refractivity contribution in [1.29, 1.82) is 0 Å². The average molecular weight is 336 g/mol. The lowest BCUT2D eigenvalue weighted by Gasteiger charge is -2.11. The molecule has 4 nitrogen and oxygen atoms in total. The van der Waals surface area contributed by atoms with Crippen LogP contribution in [0.25, 0.3) is 0 Å². The molecule has 0 bridgehead atoms. The Morgan fingerprint density at radius 1 is 0.840 bits per heavy atom. The summed E-state index contributed by atoms with van der Waals surface area (Å²) in [4.78, 5) is 8.84. The number of halogens is 1. The van der Waals surface area contributed by atoms with E-state index in [0.29, 0.717) is 18.9 Å². The molecule has 0 spiro atoms. The van der Waals surface area contributed by atoms with Crippen molar-refractivity contribution in [2.45, 2.75) is 26.9 Å². The van der Waals surface area contributed by atoms with Gasteiger partial charge in [-0.15, -0.1) is 0 Å².